The number of nitrogens with one attached hydrogen (secondary N) is 2. The van der Waals surface area contributed by atoms with Gasteiger partial charge in [0.05, 0.1) is 12.3 Å². The van der Waals surface area contributed by atoms with E-state index in [9.17, 15) is 9.90 Å². The summed E-state index contributed by atoms with van der Waals surface area (Å²) in [5, 5.41) is 21.7. The number of thioether (sulfide) groups is 1. The first-order chi connectivity index (χ1) is 11.9. The van der Waals surface area contributed by atoms with Gasteiger partial charge in [0.2, 0.25) is 0 Å². The van der Waals surface area contributed by atoms with Gasteiger partial charge in [-0.25, -0.2) is 0 Å². The molecule has 1 aromatic carbocycles. The minimum atomic E-state index is -0.414. The van der Waals surface area contributed by atoms with Crippen LogP contribution in [0.1, 0.15) is 29.5 Å². The lowest BCUT2D eigenvalue weighted by Crippen LogP contribution is -2.27. The largest absolute Gasteiger partial charge is 0.506 e. The minimum Gasteiger partial charge on any atom is -0.506 e. The first-order valence-electron chi connectivity index (χ1n) is 8.38. The number of ether oxygens (including phenoxy) is 1. The van der Waals surface area contributed by atoms with E-state index in [1.165, 1.54) is 7.05 Å². The van der Waals surface area contributed by atoms with Crippen LogP contribution in [0.4, 0.5) is 0 Å². The summed E-state index contributed by atoms with van der Waals surface area (Å²) in [6, 6.07) is 3.76. The summed E-state index contributed by atoms with van der Waals surface area (Å²) in [6.07, 6.45) is 1.80. The maximum Gasteiger partial charge on any atom is 0.256 e. The first-order valence-corrected chi connectivity index (χ1v) is 9.37. The molecule has 1 saturated carbocycles. The number of amides is 1. The van der Waals surface area contributed by atoms with Crippen molar-refractivity contribution < 1.29 is 14.6 Å². The van der Waals surface area contributed by atoms with Crippen molar-refractivity contribution in [2.45, 2.75) is 31.6 Å². The molecule has 1 amide bonds. The number of benzene rings is 1. The summed E-state index contributed by atoms with van der Waals surface area (Å²) < 4.78 is 5.11. The summed E-state index contributed by atoms with van der Waals surface area (Å²) in [6.45, 7) is 4.61. The first kappa shape index (κ1) is 19.5. The van der Waals surface area contributed by atoms with E-state index in [0.717, 1.165) is 34.6 Å². The number of rotatable bonds is 8. The molecule has 0 spiro atoms. The molecule has 1 aliphatic rings. The van der Waals surface area contributed by atoms with Gasteiger partial charge >= 0.3 is 0 Å². The van der Waals surface area contributed by atoms with Crippen LogP contribution in [-0.4, -0.2) is 43.2 Å². The molecule has 3 N–H and O–H groups in total. The highest BCUT2D eigenvalue weighted by molar-refractivity contribution is 7.99. The molecule has 1 aliphatic carbocycles. The average Bonchev–Trinajstić information content (AvgIpc) is 3.42. The minimum absolute atomic E-state index is 0.0794. The standard InChI is InChI=1S/C19H26N2O3S/c1-11-5-8-14(12(2)18(11)25-10-9-24-4)17(22)15(19(23)21-3)16(20)13-6-7-13/h5,8,13,20,22H,6-7,9-10H2,1-4H3,(H,21,23). The zero-order valence-corrected chi connectivity index (χ0v) is 16.0. The second kappa shape index (κ2) is 8.54. The lowest BCUT2D eigenvalue weighted by Gasteiger charge is -2.16. The molecule has 2 rings (SSSR count). The third-order valence-electron chi connectivity index (χ3n) is 4.34. The third-order valence-corrected chi connectivity index (χ3v) is 5.63. The Morgan fingerprint density at radius 1 is 1.40 bits per heavy atom. The Kier molecular flexibility index (Phi) is 6.67. The summed E-state index contributed by atoms with van der Waals surface area (Å²) in [5.41, 5.74) is 2.96. The van der Waals surface area contributed by atoms with E-state index < -0.39 is 5.91 Å². The number of hydrogen-bond acceptors (Lipinski definition) is 5. The van der Waals surface area contributed by atoms with Crippen molar-refractivity contribution in [2.24, 2.45) is 5.92 Å². The van der Waals surface area contributed by atoms with Gasteiger partial charge < -0.3 is 20.6 Å². The van der Waals surface area contributed by atoms with Crippen molar-refractivity contribution >= 4 is 29.1 Å². The van der Waals surface area contributed by atoms with Crippen molar-refractivity contribution in [1.82, 2.24) is 5.32 Å². The average molecular weight is 362 g/mol. The Morgan fingerprint density at radius 2 is 2.08 bits per heavy atom. The summed E-state index contributed by atoms with van der Waals surface area (Å²) in [7, 11) is 3.19. The molecule has 0 saturated heterocycles. The number of aliphatic hydroxyl groups is 1. The fraction of sp³-hybridized carbons (Fsp3) is 0.474. The Bertz CT molecular complexity index is 709. The fourth-order valence-electron chi connectivity index (χ4n) is 2.73. The quantitative estimate of drug-likeness (QED) is 0.217. The van der Waals surface area contributed by atoms with E-state index >= 15 is 0 Å². The second-order valence-electron chi connectivity index (χ2n) is 6.22. The number of aliphatic hydroxyl groups excluding tert-OH is 1. The Balaban J connectivity index is 2.47. The summed E-state index contributed by atoms with van der Waals surface area (Å²) >= 11 is 1.67. The lowest BCUT2D eigenvalue weighted by atomic mass is 9.97. The van der Waals surface area contributed by atoms with Gasteiger partial charge in [0.25, 0.3) is 5.91 Å². The molecule has 0 atom stereocenters. The summed E-state index contributed by atoms with van der Waals surface area (Å²) in [4.78, 5) is 13.4. The number of aryl methyl sites for hydroxylation is 1. The molecule has 0 aromatic heterocycles. The third kappa shape index (κ3) is 4.44. The highest BCUT2D eigenvalue weighted by Gasteiger charge is 2.33. The van der Waals surface area contributed by atoms with Crippen LogP contribution in [0, 0.1) is 25.2 Å². The van der Waals surface area contributed by atoms with Crippen LogP contribution < -0.4 is 5.32 Å². The van der Waals surface area contributed by atoms with Crippen LogP contribution in [-0.2, 0) is 9.53 Å². The van der Waals surface area contributed by atoms with E-state index in [2.05, 4.69) is 5.32 Å². The van der Waals surface area contributed by atoms with Crippen LogP contribution >= 0.6 is 11.8 Å². The van der Waals surface area contributed by atoms with Crippen molar-refractivity contribution in [3.05, 3.63) is 34.4 Å². The molecule has 0 unspecified atom stereocenters. The molecular weight excluding hydrogens is 336 g/mol. The predicted octanol–water partition coefficient (Wildman–Crippen LogP) is 3.49. The zero-order chi connectivity index (χ0) is 18.6. The van der Waals surface area contributed by atoms with Crippen molar-refractivity contribution in [2.75, 3.05) is 26.5 Å². The molecule has 1 fully saturated rings. The van der Waals surface area contributed by atoms with Crippen LogP contribution in [0.5, 0.6) is 0 Å². The van der Waals surface area contributed by atoms with E-state index in [0.29, 0.717) is 12.2 Å². The van der Waals surface area contributed by atoms with Crippen molar-refractivity contribution in [3.8, 4) is 0 Å². The normalized spacial score (nSPS) is 14.9. The van der Waals surface area contributed by atoms with E-state index in [4.69, 9.17) is 10.1 Å². The molecule has 6 heteroatoms. The predicted molar refractivity (Wildman–Crippen MR) is 103 cm³/mol. The van der Waals surface area contributed by atoms with E-state index in [-0.39, 0.29) is 23.0 Å². The molecule has 5 nitrogen and oxygen atoms in total. The molecular formula is C19H26N2O3S. The van der Waals surface area contributed by atoms with Gasteiger partial charge in [-0.05, 0) is 37.8 Å². The van der Waals surface area contributed by atoms with Crippen LogP contribution in [0.2, 0.25) is 0 Å². The van der Waals surface area contributed by atoms with Gasteiger partial charge in [-0.15, -0.1) is 11.8 Å². The van der Waals surface area contributed by atoms with E-state index in [1.807, 2.05) is 26.0 Å². The monoisotopic (exact) mass is 362 g/mol. The lowest BCUT2D eigenvalue weighted by molar-refractivity contribution is -0.116. The van der Waals surface area contributed by atoms with Crippen molar-refractivity contribution in [1.29, 1.82) is 5.41 Å². The van der Waals surface area contributed by atoms with E-state index in [1.54, 1.807) is 18.9 Å². The molecule has 0 bridgehead atoms. The Morgan fingerprint density at radius 3 is 2.64 bits per heavy atom. The van der Waals surface area contributed by atoms with Crippen LogP contribution in [0.15, 0.2) is 22.6 Å². The zero-order valence-electron chi connectivity index (χ0n) is 15.2. The number of hydrogen-bond donors (Lipinski definition) is 3. The van der Waals surface area contributed by atoms with Crippen LogP contribution in [0.3, 0.4) is 0 Å². The molecule has 25 heavy (non-hydrogen) atoms. The number of carbonyl (C=O) groups is 1. The molecule has 0 aliphatic heterocycles. The molecule has 0 radical (unpaired) electrons. The molecule has 1 aromatic rings. The Labute approximate surface area is 153 Å². The fourth-order valence-corrected chi connectivity index (χ4v) is 3.80. The second-order valence-corrected chi connectivity index (χ2v) is 7.32. The Hall–Kier alpha value is -1.79. The van der Waals surface area contributed by atoms with Gasteiger partial charge in [0.1, 0.15) is 11.3 Å². The SMILES string of the molecule is CNC(=O)C(C(=N)C1CC1)=C(O)c1ccc(C)c(SCCOC)c1C. The smallest absolute Gasteiger partial charge is 0.256 e. The van der Waals surface area contributed by atoms with Crippen LogP contribution in [0.25, 0.3) is 5.76 Å². The number of likely N-dealkylation sites (N-methyl/N-ethyl adjacent to an activating group) is 1. The van der Waals surface area contributed by atoms with Gasteiger partial charge in [-0.1, -0.05) is 12.1 Å². The topological polar surface area (TPSA) is 82.4 Å². The van der Waals surface area contributed by atoms with Gasteiger partial charge in [0, 0.05) is 36.3 Å². The highest BCUT2D eigenvalue weighted by atomic mass is 32.2. The van der Waals surface area contributed by atoms with Crippen molar-refractivity contribution in [3.63, 3.8) is 0 Å². The maximum absolute atomic E-state index is 12.3. The number of methoxy groups -OCH3 is 1. The highest BCUT2D eigenvalue weighted by Crippen LogP contribution is 2.36. The summed E-state index contributed by atoms with van der Waals surface area (Å²) in [5.74, 6) is 0.368. The number of carbonyl (C=O) groups excluding carboxylic acids is 1. The van der Waals surface area contributed by atoms with Gasteiger partial charge in [-0.3, -0.25) is 4.79 Å². The molecule has 0 heterocycles. The molecule has 136 valence electrons. The van der Waals surface area contributed by atoms with Gasteiger partial charge in [-0.2, -0.15) is 0 Å². The maximum atomic E-state index is 12.3. The van der Waals surface area contributed by atoms with Gasteiger partial charge in [0.15, 0.2) is 0 Å².